The second-order valence-electron chi connectivity index (χ2n) is 5.84. The molecule has 0 fully saturated rings. The van der Waals surface area contributed by atoms with Crippen molar-refractivity contribution in [3.05, 3.63) is 64.7 Å². The molecule has 3 rings (SSSR count). The molecule has 1 aromatic heterocycles. The summed E-state index contributed by atoms with van der Waals surface area (Å²) >= 11 is 7.19. The summed E-state index contributed by atoms with van der Waals surface area (Å²) in [5.41, 5.74) is 3.02. The fourth-order valence-corrected chi connectivity index (χ4v) is 3.19. The van der Waals surface area contributed by atoms with Crippen LogP contribution >= 0.6 is 23.4 Å². The van der Waals surface area contributed by atoms with E-state index in [4.69, 9.17) is 11.6 Å². The molecular weight excluding hydrogens is 370 g/mol. The van der Waals surface area contributed by atoms with Gasteiger partial charge in [-0.1, -0.05) is 53.2 Å². The standard InChI is InChI=1S/C18H18ClN5OS/c1-12-3-9-16(10-4-12)24-18(21-22-23-24)26-11-17(25)20-13(2)14-5-7-15(19)8-6-14/h3-10,13H,11H2,1-2H3,(H,20,25)/t13-/m1/s1. The highest BCUT2D eigenvalue weighted by Crippen LogP contribution is 2.19. The topological polar surface area (TPSA) is 72.7 Å². The van der Waals surface area contributed by atoms with E-state index in [1.165, 1.54) is 11.8 Å². The molecule has 0 spiro atoms. The number of aromatic nitrogens is 4. The van der Waals surface area contributed by atoms with Gasteiger partial charge in [0.15, 0.2) is 0 Å². The van der Waals surface area contributed by atoms with Crippen molar-refractivity contribution in [2.45, 2.75) is 25.0 Å². The first kappa shape index (κ1) is 18.4. The van der Waals surface area contributed by atoms with Gasteiger partial charge in [0.25, 0.3) is 0 Å². The average molecular weight is 388 g/mol. The number of halogens is 1. The number of rotatable bonds is 6. The first-order valence-corrected chi connectivity index (χ1v) is 9.42. The van der Waals surface area contributed by atoms with Crippen LogP contribution in [0.5, 0.6) is 0 Å². The summed E-state index contributed by atoms with van der Waals surface area (Å²) in [6.45, 7) is 3.95. The van der Waals surface area contributed by atoms with Crippen LogP contribution in [0.15, 0.2) is 53.7 Å². The summed E-state index contributed by atoms with van der Waals surface area (Å²) in [5.74, 6) is 0.139. The first-order chi connectivity index (χ1) is 12.5. The van der Waals surface area contributed by atoms with Gasteiger partial charge in [0.1, 0.15) is 0 Å². The van der Waals surface area contributed by atoms with Crippen molar-refractivity contribution in [3.8, 4) is 5.69 Å². The van der Waals surface area contributed by atoms with Crippen molar-refractivity contribution in [2.24, 2.45) is 0 Å². The van der Waals surface area contributed by atoms with Crippen LogP contribution in [0, 0.1) is 6.92 Å². The Labute approximate surface area is 160 Å². The third kappa shape index (κ3) is 4.62. The van der Waals surface area contributed by atoms with Gasteiger partial charge in [-0.05, 0) is 54.1 Å². The molecule has 6 nitrogen and oxygen atoms in total. The molecule has 0 saturated carbocycles. The summed E-state index contributed by atoms with van der Waals surface area (Å²) in [4.78, 5) is 12.2. The summed E-state index contributed by atoms with van der Waals surface area (Å²) < 4.78 is 1.63. The highest BCUT2D eigenvalue weighted by Gasteiger charge is 2.14. The molecule has 26 heavy (non-hydrogen) atoms. The van der Waals surface area contributed by atoms with Crippen LogP contribution in [0.1, 0.15) is 24.1 Å². The van der Waals surface area contributed by atoms with E-state index < -0.39 is 0 Å². The Hall–Kier alpha value is -2.38. The largest absolute Gasteiger partial charge is 0.349 e. The lowest BCUT2D eigenvalue weighted by molar-refractivity contribution is -0.119. The van der Waals surface area contributed by atoms with E-state index in [0.717, 1.165) is 16.8 Å². The number of nitrogens with zero attached hydrogens (tertiary/aromatic N) is 4. The monoisotopic (exact) mass is 387 g/mol. The van der Waals surface area contributed by atoms with Crippen LogP contribution in [0.3, 0.4) is 0 Å². The van der Waals surface area contributed by atoms with Gasteiger partial charge in [-0.3, -0.25) is 4.79 Å². The number of benzene rings is 2. The lowest BCUT2D eigenvalue weighted by atomic mass is 10.1. The van der Waals surface area contributed by atoms with E-state index in [1.807, 2.05) is 62.4 Å². The Morgan fingerprint density at radius 2 is 1.88 bits per heavy atom. The van der Waals surface area contributed by atoms with Crippen molar-refractivity contribution in [3.63, 3.8) is 0 Å². The van der Waals surface area contributed by atoms with Crippen LogP contribution in [-0.2, 0) is 4.79 Å². The number of hydrogen-bond donors (Lipinski definition) is 1. The van der Waals surface area contributed by atoms with E-state index in [0.29, 0.717) is 10.2 Å². The number of hydrogen-bond acceptors (Lipinski definition) is 5. The lowest BCUT2D eigenvalue weighted by Crippen LogP contribution is -2.28. The highest BCUT2D eigenvalue weighted by atomic mass is 35.5. The Balaban J connectivity index is 1.59. The van der Waals surface area contributed by atoms with Crippen molar-refractivity contribution in [1.29, 1.82) is 0 Å². The Morgan fingerprint density at radius 3 is 2.58 bits per heavy atom. The predicted molar refractivity (Wildman–Crippen MR) is 103 cm³/mol. The summed E-state index contributed by atoms with van der Waals surface area (Å²) in [6, 6.07) is 15.2. The van der Waals surface area contributed by atoms with Gasteiger partial charge in [0.2, 0.25) is 11.1 Å². The fraction of sp³-hybridized carbons (Fsp3) is 0.222. The number of nitrogens with one attached hydrogen (secondary N) is 1. The molecule has 0 radical (unpaired) electrons. The van der Waals surface area contributed by atoms with Crippen molar-refractivity contribution in [1.82, 2.24) is 25.5 Å². The minimum atomic E-state index is -0.103. The maximum atomic E-state index is 12.2. The number of carbonyl (C=O) groups excluding carboxylic acids is 1. The van der Waals surface area contributed by atoms with E-state index in [-0.39, 0.29) is 17.7 Å². The maximum Gasteiger partial charge on any atom is 0.230 e. The van der Waals surface area contributed by atoms with Gasteiger partial charge in [0, 0.05) is 5.02 Å². The Kier molecular flexibility index (Phi) is 5.90. The zero-order chi connectivity index (χ0) is 18.5. The zero-order valence-corrected chi connectivity index (χ0v) is 16.0. The molecule has 3 aromatic rings. The Morgan fingerprint density at radius 1 is 1.19 bits per heavy atom. The van der Waals surface area contributed by atoms with Crippen LogP contribution in [0.2, 0.25) is 5.02 Å². The average Bonchev–Trinajstić information content (AvgIpc) is 3.09. The van der Waals surface area contributed by atoms with E-state index in [2.05, 4.69) is 20.8 Å². The van der Waals surface area contributed by atoms with Gasteiger partial charge in [-0.2, -0.15) is 4.68 Å². The molecule has 0 bridgehead atoms. The normalized spacial score (nSPS) is 12.0. The van der Waals surface area contributed by atoms with Gasteiger partial charge in [0.05, 0.1) is 17.5 Å². The number of amides is 1. The van der Waals surface area contributed by atoms with Crippen molar-refractivity contribution < 1.29 is 4.79 Å². The van der Waals surface area contributed by atoms with Crippen molar-refractivity contribution in [2.75, 3.05) is 5.75 Å². The van der Waals surface area contributed by atoms with E-state index in [9.17, 15) is 4.79 Å². The third-order valence-corrected chi connectivity index (χ3v) is 4.97. The van der Waals surface area contributed by atoms with Gasteiger partial charge >= 0.3 is 0 Å². The fourth-order valence-electron chi connectivity index (χ4n) is 2.36. The molecule has 2 aromatic carbocycles. The molecular formula is C18H18ClN5OS. The van der Waals surface area contributed by atoms with Crippen LogP contribution in [0.25, 0.3) is 5.69 Å². The minimum Gasteiger partial charge on any atom is -0.349 e. The molecule has 1 heterocycles. The summed E-state index contributed by atoms with van der Waals surface area (Å²) in [5, 5.41) is 15.9. The first-order valence-electron chi connectivity index (χ1n) is 8.06. The second kappa shape index (κ2) is 8.33. The zero-order valence-electron chi connectivity index (χ0n) is 14.4. The maximum absolute atomic E-state index is 12.2. The van der Waals surface area contributed by atoms with E-state index >= 15 is 0 Å². The summed E-state index contributed by atoms with van der Waals surface area (Å²) in [6.07, 6.45) is 0. The predicted octanol–water partition coefficient (Wildman–Crippen LogP) is 3.59. The molecule has 8 heteroatoms. The smallest absolute Gasteiger partial charge is 0.230 e. The molecule has 1 N–H and O–H groups in total. The molecule has 0 unspecified atom stereocenters. The molecule has 1 atom stereocenters. The second-order valence-corrected chi connectivity index (χ2v) is 7.22. The molecule has 0 aliphatic heterocycles. The lowest BCUT2D eigenvalue weighted by Gasteiger charge is -2.14. The van der Waals surface area contributed by atoms with E-state index in [1.54, 1.807) is 4.68 Å². The van der Waals surface area contributed by atoms with Crippen LogP contribution in [0.4, 0.5) is 0 Å². The van der Waals surface area contributed by atoms with Gasteiger partial charge < -0.3 is 5.32 Å². The SMILES string of the molecule is Cc1ccc(-n2nnnc2SCC(=O)N[C@H](C)c2ccc(Cl)cc2)cc1. The molecule has 0 saturated heterocycles. The van der Waals surface area contributed by atoms with Gasteiger partial charge in [-0.15, -0.1) is 5.10 Å². The molecule has 0 aliphatic rings. The Bertz CT molecular complexity index is 879. The number of thioether (sulfide) groups is 1. The number of carbonyl (C=O) groups is 1. The van der Waals surface area contributed by atoms with Crippen molar-refractivity contribution >= 4 is 29.3 Å². The third-order valence-electron chi connectivity index (χ3n) is 3.80. The van der Waals surface area contributed by atoms with Gasteiger partial charge in [-0.25, -0.2) is 0 Å². The van der Waals surface area contributed by atoms with Crippen LogP contribution < -0.4 is 5.32 Å². The highest BCUT2D eigenvalue weighted by molar-refractivity contribution is 7.99. The minimum absolute atomic E-state index is 0.0871. The molecule has 1 amide bonds. The number of tetrazole rings is 1. The molecule has 0 aliphatic carbocycles. The quantitative estimate of drug-likeness (QED) is 0.654. The number of aryl methyl sites for hydroxylation is 1. The van der Waals surface area contributed by atoms with Crippen LogP contribution in [-0.4, -0.2) is 31.9 Å². The molecule has 134 valence electrons. The summed E-state index contributed by atoms with van der Waals surface area (Å²) in [7, 11) is 0.